The Hall–Kier alpha value is -2.21. The van der Waals surface area contributed by atoms with Crippen LogP contribution in [0, 0.1) is 0 Å². The molecule has 6 nitrogen and oxygen atoms in total. The second kappa shape index (κ2) is 6.50. The van der Waals surface area contributed by atoms with Crippen molar-refractivity contribution in [3.63, 3.8) is 0 Å². The van der Waals surface area contributed by atoms with Gasteiger partial charge in [0.2, 0.25) is 0 Å². The van der Waals surface area contributed by atoms with Gasteiger partial charge >= 0.3 is 0 Å². The standard InChI is InChI=1S/C17H21N3O3/c21-15-13-8-4-3-7-12(13)14(19-20-15)16(22)18-11-17(23)9-5-1-2-6-10-17/h3-4,7-8,23H,1-2,5-6,9-11H2,(H,18,22)(H,20,21). The van der Waals surface area contributed by atoms with Crippen molar-refractivity contribution in [1.29, 1.82) is 0 Å². The molecule has 0 saturated heterocycles. The third-order valence-electron chi connectivity index (χ3n) is 4.52. The van der Waals surface area contributed by atoms with Crippen LogP contribution < -0.4 is 10.9 Å². The van der Waals surface area contributed by atoms with Crippen LogP contribution in [0.5, 0.6) is 0 Å². The summed E-state index contributed by atoms with van der Waals surface area (Å²) in [5.41, 5.74) is -0.985. The fourth-order valence-corrected chi connectivity index (χ4v) is 3.18. The number of carbonyl (C=O) groups is 1. The lowest BCUT2D eigenvalue weighted by molar-refractivity contribution is 0.0246. The van der Waals surface area contributed by atoms with Crippen LogP contribution in [0.4, 0.5) is 0 Å². The van der Waals surface area contributed by atoms with Crippen LogP contribution in [0.2, 0.25) is 0 Å². The summed E-state index contributed by atoms with van der Waals surface area (Å²) >= 11 is 0. The van der Waals surface area contributed by atoms with Crippen LogP contribution in [0.15, 0.2) is 29.1 Å². The van der Waals surface area contributed by atoms with Gasteiger partial charge in [-0.1, -0.05) is 43.9 Å². The Morgan fingerprint density at radius 1 is 1.17 bits per heavy atom. The fraction of sp³-hybridized carbons (Fsp3) is 0.471. The van der Waals surface area contributed by atoms with Crippen LogP contribution in [-0.4, -0.2) is 33.4 Å². The quantitative estimate of drug-likeness (QED) is 0.752. The summed E-state index contributed by atoms with van der Waals surface area (Å²) in [6.45, 7) is 0.209. The molecule has 1 heterocycles. The van der Waals surface area contributed by atoms with Crippen molar-refractivity contribution in [1.82, 2.24) is 15.5 Å². The van der Waals surface area contributed by atoms with Crippen molar-refractivity contribution in [2.45, 2.75) is 44.1 Å². The van der Waals surface area contributed by atoms with E-state index in [0.717, 1.165) is 25.7 Å². The highest BCUT2D eigenvalue weighted by Gasteiger charge is 2.29. The molecule has 0 atom stereocenters. The summed E-state index contributed by atoms with van der Waals surface area (Å²) in [5.74, 6) is -0.380. The molecule has 0 unspecified atom stereocenters. The molecule has 3 rings (SSSR count). The summed E-state index contributed by atoms with van der Waals surface area (Å²) in [6.07, 6.45) is 5.61. The number of nitrogens with zero attached hydrogens (tertiary/aromatic N) is 1. The van der Waals surface area contributed by atoms with E-state index in [4.69, 9.17) is 0 Å². The molecular formula is C17H21N3O3. The van der Waals surface area contributed by atoms with Crippen molar-refractivity contribution in [3.8, 4) is 0 Å². The molecule has 1 aromatic carbocycles. The molecule has 0 aliphatic heterocycles. The van der Waals surface area contributed by atoms with Crippen LogP contribution in [0.3, 0.4) is 0 Å². The first-order valence-electron chi connectivity index (χ1n) is 8.07. The number of benzene rings is 1. The topological polar surface area (TPSA) is 95.1 Å². The van der Waals surface area contributed by atoms with Crippen molar-refractivity contribution < 1.29 is 9.90 Å². The zero-order chi connectivity index (χ0) is 16.3. The smallest absolute Gasteiger partial charge is 0.272 e. The molecule has 1 aromatic heterocycles. The first-order chi connectivity index (χ1) is 11.1. The Morgan fingerprint density at radius 2 is 1.83 bits per heavy atom. The van der Waals surface area contributed by atoms with Gasteiger partial charge in [0.1, 0.15) is 0 Å². The van der Waals surface area contributed by atoms with E-state index in [1.165, 1.54) is 0 Å². The van der Waals surface area contributed by atoms with Gasteiger partial charge in [-0.15, -0.1) is 0 Å². The highest BCUT2D eigenvalue weighted by molar-refractivity contribution is 6.04. The maximum absolute atomic E-state index is 12.4. The molecule has 1 aliphatic carbocycles. The zero-order valence-electron chi connectivity index (χ0n) is 13.0. The molecule has 0 bridgehead atoms. The van der Waals surface area contributed by atoms with Crippen molar-refractivity contribution in [3.05, 3.63) is 40.3 Å². The molecule has 1 saturated carbocycles. The van der Waals surface area contributed by atoms with Gasteiger partial charge in [0.05, 0.1) is 11.0 Å². The summed E-state index contributed by atoms with van der Waals surface area (Å²) in [7, 11) is 0. The molecule has 23 heavy (non-hydrogen) atoms. The molecule has 0 radical (unpaired) electrons. The Balaban J connectivity index is 1.79. The number of hydrogen-bond donors (Lipinski definition) is 3. The molecule has 0 spiro atoms. The predicted molar refractivity (Wildman–Crippen MR) is 87.3 cm³/mol. The lowest BCUT2D eigenvalue weighted by Gasteiger charge is -2.26. The van der Waals surface area contributed by atoms with E-state index in [2.05, 4.69) is 15.5 Å². The Morgan fingerprint density at radius 3 is 2.52 bits per heavy atom. The number of aliphatic hydroxyl groups is 1. The van der Waals surface area contributed by atoms with Crippen molar-refractivity contribution >= 4 is 16.7 Å². The maximum atomic E-state index is 12.4. The van der Waals surface area contributed by atoms with Gasteiger partial charge in [0.25, 0.3) is 11.5 Å². The summed E-state index contributed by atoms with van der Waals surface area (Å²) in [5, 5.41) is 20.6. The highest BCUT2D eigenvalue weighted by atomic mass is 16.3. The van der Waals surface area contributed by atoms with Gasteiger partial charge in [-0.25, -0.2) is 5.10 Å². The lowest BCUT2D eigenvalue weighted by Crippen LogP contribution is -2.43. The van der Waals surface area contributed by atoms with Crippen molar-refractivity contribution in [2.24, 2.45) is 0 Å². The van der Waals surface area contributed by atoms with Crippen LogP contribution >= 0.6 is 0 Å². The predicted octanol–water partition coefficient (Wildman–Crippen LogP) is 1.74. The zero-order valence-corrected chi connectivity index (χ0v) is 13.0. The highest BCUT2D eigenvalue weighted by Crippen LogP contribution is 2.26. The molecule has 1 fully saturated rings. The summed E-state index contributed by atoms with van der Waals surface area (Å²) in [6, 6.07) is 6.87. The van der Waals surface area contributed by atoms with Crippen molar-refractivity contribution in [2.75, 3.05) is 6.54 Å². The van der Waals surface area contributed by atoms with Crippen LogP contribution in [-0.2, 0) is 0 Å². The number of hydrogen-bond acceptors (Lipinski definition) is 4. The average Bonchev–Trinajstić information content (AvgIpc) is 2.78. The summed E-state index contributed by atoms with van der Waals surface area (Å²) in [4.78, 5) is 24.2. The van der Waals surface area contributed by atoms with E-state index < -0.39 is 5.60 Å². The van der Waals surface area contributed by atoms with E-state index in [-0.39, 0.29) is 23.7 Å². The minimum atomic E-state index is -0.843. The molecule has 122 valence electrons. The van der Waals surface area contributed by atoms with Gasteiger partial charge in [-0.05, 0) is 18.9 Å². The van der Waals surface area contributed by atoms with E-state index in [9.17, 15) is 14.7 Å². The molecule has 3 N–H and O–H groups in total. The maximum Gasteiger partial charge on any atom is 0.272 e. The van der Waals surface area contributed by atoms with E-state index in [0.29, 0.717) is 23.6 Å². The fourth-order valence-electron chi connectivity index (χ4n) is 3.18. The molecular weight excluding hydrogens is 294 g/mol. The van der Waals surface area contributed by atoms with E-state index in [1.54, 1.807) is 24.3 Å². The normalized spacial score (nSPS) is 17.6. The second-order valence-corrected chi connectivity index (χ2v) is 6.27. The third kappa shape index (κ3) is 3.42. The number of fused-ring (bicyclic) bond motifs is 1. The Labute approximate surface area is 133 Å². The number of carbonyl (C=O) groups excluding carboxylic acids is 1. The average molecular weight is 315 g/mol. The van der Waals surface area contributed by atoms with Gasteiger partial charge in [-0.3, -0.25) is 9.59 Å². The minimum Gasteiger partial charge on any atom is -0.388 e. The lowest BCUT2D eigenvalue weighted by atomic mass is 9.94. The van der Waals surface area contributed by atoms with Gasteiger partial charge in [-0.2, -0.15) is 5.10 Å². The van der Waals surface area contributed by atoms with Gasteiger partial charge in [0.15, 0.2) is 5.69 Å². The van der Waals surface area contributed by atoms with Gasteiger partial charge < -0.3 is 10.4 Å². The van der Waals surface area contributed by atoms with Crippen LogP contribution in [0.1, 0.15) is 49.0 Å². The number of aromatic amines is 1. The minimum absolute atomic E-state index is 0.178. The Kier molecular flexibility index (Phi) is 4.43. The van der Waals surface area contributed by atoms with E-state index >= 15 is 0 Å². The number of nitrogens with one attached hydrogen (secondary N) is 2. The number of aromatic nitrogens is 2. The Bertz CT molecular complexity index is 761. The first kappa shape index (κ1) is 15.7. The molecule has 6 heteroatoms. The first-order valence-corrected chi connectivity index (χ1v) is 8.07. The largest absolute Gasteiger partial charge is 0.388 e. The van der Waals surface area contributed by atoms with Gasteiger partial charge in [0, 0.05) is 11.9 Å². The third-order valence-corrected chi connectivity index (χ3v) is 4.52. The van der Waals surface area contributed by atoms with Crippen LogP contribution in [0.25, 0.3) is 10.8 Å². The second-order valence-electron chi connectivity index (χ2n) is 6.27. The molecule has 2 aromatic rings. The SMILES string of the molecule is O=C(NCC1(O)CCCCCC1)c1n[nH]c(=O)c2ccccc12. The summed E-state index contributed by atoms with van der Waals surface area (Å²) < 4.78 is 0. The molecule has 1 amide bonds. The monoisotopic (exact) mass is 315 g/mol. The number of rotatable bonds is 3. The van der Waals surface area contributed by atoms with E-state index in [1.807, 2.05) is 0 Å². The number of H-pyrrole nitrogens is 1. The molecule has 1 aliphatic rings. The number of amides is 1.